The Balaban J connectivity index is 1.43. The van der Waals surface area contributed by atoms with Crippen LogP contribution in [0.3, 0.4) is 0 Å². The minimum atomic E-state index is -0.0899. The molecule has 3 aromatic rings. The van der Waals surface area contributed by atoms with E-state index in [-0.39, 0.29) is 5.91 Å². The minimum Gasteiger partial charge on any atom is -0.340 e. The smallest absolute Gasteiger partial charge is 0.272 e. The molecule has 8 heteroatoms. The number of anilines is 3. The van der Waals surface area contributed by atoms with Crippen LogP contribution in [0.15, 0.2) is 55.1 Å². The number of piperazine rings is 1. The molecule has 1 N–H and O–H groups in total. The quantitative estimate of drug-likeness (QED) is 0.717. The maximum absolute atomic E-state index is 12.9. The van der Waals surface area contributed by atoms with Gasteiger partial charge in [-0.1, -0.05) is 25.1 Å². The van der Waals surface area contributed by atoms with E-state index in [1.54, 1.807) is 24.5 Å². The average Bonchev–Trinajstić information content (AvgIpc) is 2.80. The molecule has 1 aliphatic heterocycles. The maximum atomic E-state index is 12.9. The molecule has 1 amide bonds. The van der Waals surface area contributed by atoms with Crippen molar-refractivity contribution in [1.82, 2.24) is 24.8 Å². The van der Waals surface area contributed by atoms with Crippen LogP contribution in [0.2, 0.25) is 0 Å². The standard InChI is InChI=1S/C21H23N7O/c1-2-16-6-3-4-7-17(16)26-19-14-18(24-15-25-19)20(29)27-10-12-28(13-11-27)21-22-8-5-9-23-21/h3-9,14-15H,2,10-13H2,1H3,(H,24,25,26). The number of benzene rings is 1. The predicted molar refractivity (Wildman–Crippen MR) is 111 cm³/mol. The molecular weight excluding hydrogens is 366 g/mol. The summed E-state index contributed by atoms with van der Waals surface area (Å²) in [4.78, 5) is 33.8. The predicted octanol–water partition coefficient (Wildman–Crippen LogP) is 2.54. The van der Waals surface area contributed by atoms with Crippen LogP contribution in [-0.4, -0.2) is 56.9 Å². The highest BCUT2D eigenvalue weighted by molar-refractivity contribution is 5.93. The molecular formula is C21H23N7O. The van der Waals surface area contributed by atoms with E-state index in [1.165, 1.54) is 11.9 Å². The third kappa shape index (κ3) is 4.31. The molecule has 0 radical (unpaired) electrons. The van der Waals surface area contributed by atoms with E-state index in [0.717, 1.165) is 12.1 Å². The first-order valence-corrected chi connectivity index (χ1v) is 9.73. The van der Waals surface area contributed by atoms with Gasteiger partial charge in [-0.05, 0) is 24.1 Å². The molecule has 0 aliphatic carbocycles. The molecule has 0 atom stereocenters. The number of nitrogens with zero attached hydrogens (tertiary/aromatic N) is 6. The van der Waals surface area contributed by atoms with E-state index in [0.29, 0.717) is 43.6 Å². The van der Waals surface area contributed by atoms with Crippen LogP contribution in [0.1, 0.15) is 23.0 Å². The third-order valence-electron chi connectivity index (χ3n) is 4.95. The largest absolute Gasteiger partial charge is 0.340 e. The number of rotatable bonds is 5. The summed E-state index contributed by atoms with van der Waals surface area (Å²) in [6.07, 6.45) is 5.80. The van der Waals surface area contributed by atoms with Crippen molar-refractivity contribution in [2.75, 3.05) is 36.4 Å². The fourth-order valence-corrected chi connectivity index (χ4v) is 3.36. The lowest BCUT2D eigenvalue weighted by atomic mass is 10.1. The molecule has 0 spiro atoms. The van der Waals surface area contributed by atoms with Crippen LogP contribution < -0.4 is 10.2 Å². The minimum absolute atomic E-state index is 0.0899. The number of carbonyl (C=O) groups excluding carboxylic acids is 1. The van der Waals surface area contributed by atoms with Crippen molar-refractivity contribution in [2.45, 2.75) is 13.3 Å². The Morgan fingerprint density at radius 3 is 2.52 bits per heavy atom. The molecule has 148 valence electrons. The fraction of sp³-hybridized carbons (Fsp3) is 0.286. The van der Waals surface area contributed by atoms with Gasteiger partial charge >= 0.3 is 0 Å². The van der Waals surface area contributed by atoms with Gasteiger partial charge in [-0.2, -0.15) is 0 Å². The van der Waals surface area contributed by atoms with Gasteiger partial charge in [-0.25, -0.2) is 19.9 Å². The molecule has 1 aromatic carbocycles. The van der Waals surface area contributed by atoms with Crippen molar-refractivity contribution in [3.05, 3.63) is 66.4 Å². The topological polar surface area (TPSA) is 87.1 Å². The molecule has 0 bridgehead atoms. The number of para-hydroxylation sites is 1. The van der Waals surface area contributed by atoms with Gasteiger partial charge in [0.15, 0.2) is 0 Å². The lowest BCUT2D eigenvalue weighted by molar-refractivity contribution is 0.0740. The first-order valence-electron chi connectivity index (χ1n) is 9.73. The van der Waals surface area contributed by atoms with Gasteiger partial charge in [0, 0.05) is 50.3 Å². The summed E-state index contributed by atoms with van der Waals surface area (Å²) >= 11 is 0. The lowest BCUT2D eigenvalue weighted by Gasteiger charge is -2.34. The number of aryl methyl sites for hydroxylation is 1. The molecule has 0 unspecified atom stereocenters. The molecule has 1 aliphatic rings. The Labute approximate surface area is 169 Å². The molecule has 3 heterocycles. The number of nitrogens with one attached hydrogen (secondary N) is 1. The number of carbonyl (C=O) groups is 1. The highest BCUT2D eigenvalue weighted by Crippen LogP contribution is 2.20. The molecule has 2 aromatic heterocycles. The van der Waals surface area contributed by atoms with Gasteiger partial charge in [-0.3, -0.25) is 4.79 Å². The molecule has 0 saturated carbocycles. The summed E-state index contributed by atoms with van der Waals surface area (Å²) in [5.41, 5.74) is 2.57. The van der Waals surface area contributed by atoms with Crippen LogP contribution in [0.5, 0.6) is 0 Å². The van der Waals surface area contributed by atoms with E-state index < -0.39 is 0 Å². The van der Waals surface area contributed by atoms with Gasteiger partial charge in [0.25, 0.3) is 5.91 Å². The van der Waals surface area contributed by atoms with Gasteiger partial charge < -0.3 is 15.1 Å². The van der Waals surface area contributed by atoms with Crippen LogP contribution in [0.25, 0.3) is 0 Å². The normalized spacial score (nSPS) is 14.0. The number of hydrogen-bond acceptors (Lipinski definition) is 7. The zero-order valence-electron chi connectivity index (χ0n) is 16.3. The lowest BCUT2D eigenvalue weighted by Crippen LogP contribution is -2.49. The average molecular weight is 389 g/mol. The SMILES string of the molecule is CCc1ccccc1Nc1cc(C(=O)N2CCN(c3ncccn3)CC2)ncn1. The summed E-state index contributed by atoms with van der Waals surface area (Å²) < 4.78 is 0. The highest BCUT2D eigenvalue weighted by Gasteiger charge is 2.24. The van der Waals surface area contributed by atoms with E-state index in [4.69, 9.17) is 0 Å². The second-order valence-corrected chi connectivity index (χ2v) is 6.75. The molecule has 1 fully saturated rings. The molecule has 8 nitrogen and oxygen atoms in total. The van der Waals surface area contributed by atoms with E-state index in [9.17, 15) is 4.79 Å². The van der Waals surface area contributed by atoms with Crippen molar-refractivity contribution < 1.29 is 4.79 Å². The summed E-state index contributed by atoms with van der Waals surface area (Å²) in [6.45, 7) is 4.69. The Kier molecular flexibility index (Phi) is 5.60. The Morgan fingerprint density at radius 2 is 1.76 bits per heavy atom. The van der Waals surface area contributed by atoms with Crippen molar-refractivity contribution in [1.29, 1.82) is 0 Å². The third-order valence-corrected chi connectivity index (χ3v) is 4.95. The van der Waals surface area contributed by atoms with Gasteiger partial charge in [-0.15, -0.1) is 0 Å². The number of hydrogen-bond donors (Lipinski definition) is 1. The van der Waals surface area contributed by atoms with E-state index >= 15 is 0 Å². The Morgan fingerprint density at radius 1 is 1.00 bits per heavy atom. The summed E-state index contributed by atoms with van der Waals surface area (Å²) in [7, 11) is 0. The van der Waals surface area contributed by atoms with Crippen LogP contribution in [0, 0.1) is 0 Å². The zero-order chi connectivity index (χ0) is 20.1. The van der Waals surface area contributed by atoms with E-state index in [1.807, 2.05) is 23.1 Å². The van der Waals surface area contributed by atoms with Crippen molar-refractivity contribution >= 4 is 23.4 Å². The highest BCUT2D eigenvalue weighted by atomic mass is 16.2. The second kappa shape index (κ2) is 8.64. The van der Waals surface area contributed by atoms with E-state index in [2.05, 4.69) is 43.1 Å². The van der Waals surface area contributed by atoms with Gasteiger partial charge in [0.05, 0.1) is 0 Å². The van der Waals surface area contributed by atoms with Gasteiger partial charge in [0.2, 0.25) is 5.95 Å². The second-order valence-electron chi connectivity index (χ2n) is 6.75. The summed E-state index contributed by atoms with van der Waals surface area (Å²) in [6, 6.07) is 11.6. The van der Waals surface area contributed by atoms with Crippen LogP contribution in [0.4, 0.5) is 17.5 Å². The molecule has 29 heavy (non-hydrogen) atoms. The Hall–Kier alpha value is -3.55. The zero-order valence-corrected chi connectivity index (χ0v) is 16.3. The van der Waals surface area contributed by atoms with Crippen molar-refractivity contribution in [2.24, 2.45) is 0 Å². The first-order chi connectivity index (χ1) is 14.2. The number of amides is 1. The monoisotopic (exact) mass is 389 g/mol. The number of aromatic nitrogens is 4. The Bertz CT molecular complexity index is 972. The fourth-order valence-electron chi connectivity index (χ4n) is 3.36. The summed E-state index contributed by atoms with van der Waals surface area (Å²) in [5, 5.41) is 3.30. The molecule has 4 rings (SSSR count). The van der Waals surface area contributed by atoms with Gasteiger partial charge in [0.1, 0.15) is 17.8 Å². The first kappa shape index (κ1) is 18.8. The van der Waals surface area contributed by atoms with Crippen molar-refractivity contribution in [3.8, 4) is 0 Å². The summed E-state index contributed by atoms with van der Waals surface area (Å²) in [5.74, 6) is 1.22. The maximum Gasteiger partial charge on any atom is 0.272 e. The molecule has 1 saturated heterocycles. The van der Waals surface area contributed by atoms with Crippen molar-refractivity contribution in [3.63, 3.8) is 0 Å². The van der Waals surface area contributed by atoms with Crippen LogP contribution in [-0.2, 0) is 6.42 Å². The van der Waals surface area contributed by atoms with Crippen LogP contribution >= 0.6 is 0 Å².